The van der Waals surface area contributed by atoms with Crippen LogP contribution in [0.2, 0.25) is 0 Å². The number of nitrogens with one attached hydrogen (secondary N) is 1. The van der Waals surface area contributed by atoms with Gasteiger partial charge in [-0.05, 0) is 6.92 Å². The maximum absolute atomic E-state index is 11.6. The van der Waals surface area contributed by atoms with Crippen molar-refractivity contribution in [1.82, 2.24) is 10.1 Å². The van der Waals surface area contributed by atoms with Crippen molar-refractivity contribution < 1.29 is 33.2 Å². The number of Topliss-reactive ketones (excluding diaryl/α,β-unsaturated/α-hetero) is 1. The van der Waals surface area contributed by atoms with Crippen molar-refractivity contribution in [3.63, 3.8) is 0 Å². The summed E-state index contributed by atoms with van der Waals surface area (Å²) < 4.78 is 14.5. The summed E-state index contributed by atoms with van der Waals surface area (Å²) in [6.45, 7) is 3.01. The minimum atomic E-state index is -1.00. The second kappa shape index (κ2) is 8.85. The number of ketones is 1. The smallest absolute Gasteiger partial charge is 0.397 e. The molecule has 2 aromatic heterocycles. The van der Waals surface area contributed by atoms with Gasteiger partial charge in [-0.2, -0.15) is 0 Å². The number of ether oxygens (including phenoxy) is 2. The summed E-state index contributed by atoms with van der Waals surface area (Å²) in [6, 6.07) is 1.48. The lowest BCUT2D eigenvalue weighted by Crippen LogP contribution is -2.24. The number of aromatic nitrogens is 2. The molecule has 0 spiro atoms. The average Bonchev–Trinajstić information content (AvgIpc) is 3.28. The molecule has 0 atom stereocenters. The molecular weight excluding hydrogens is 366 g/mol. The average molecular weight is 381 g/mol. The van der Waals surface area contributed by atoms with Gasteiger partial charge in [-0.3, -0.25) is 14.9 Å². The summed E-state index contributed by atoms with van der Waals surface area (Å²) in [5.74, 6) is -3.23. The highest BCUT2D eigenvalue weighted by atomic mass is 32.1. The fraction of sp³-hybridized carbons (Fsp3) is 0.333. The number of thiazole rings is 1. The van der Waals surface area contributed by atoms with Crippen molar-refractivity contribution in [2.45, 2.75) is 26.9 Å². The van der Waals surface area contributed by atoms with E-state index < -0.39 is 23.6 Å². The van der Waals surface area contributed by atoms with E-state index in [4.69, 9.17) is 9.26 Å². The van der Waals surface area contributed by atoms with Gasteiger partial charge in [0.1, 0.15) is 18.0 Å². The van der Waals surface area contributed by atoms with E-state index in [2.05, 4.69) is 20.2 Å². The number of rotatable bonds is 7. The number of amides is 1. The Bertz CT molecular complexity index is 827. The number of nitrogens with zero attached hydrogens (tertiary/aromatic N) is 2. The van der Waals surface area contributed by atoms with Crippen LogP contribution in [0, 0.1) is 0 Å². The van der Waals surface area contributed by atoms with E-state index in [1.807, 2.05) is 0 Å². The summed E-state index contributed by atoms with van der Waals surface area (Å²) in [5, 5.41) is 7.78. The minimum Gasteiger partial charge on any atom is -0.459 e. The molecule has 2 heterocycles. The lowest BCUT2D eigenvalue weighted by Gasteiger charge is -2.00. The first kappa shape index (κ1) is 19.2. The van der Waals surface area contributed by atoms with Crippen LogP contribution in [0.15, 0.2) is 16.0 Å². The molecule has 0 aliphatic rings. The predicted molar refractivity (Wildman–Crippen MR) is 88.0 cm³/mol. The molecule has 0 fully saturated rings. The van der Waals surface area contributed by atoms with Gasteiger partial charge < -0.3 is 14.0 Å². The Morgan fingerprint density at radius 3 is 2.65 bits per heavy atom. The molecule has 0 aliphatic carbocycles. The Kier molecular flexibility index (Phi) is 6.55. The first-order valence-corrected chi connectivity index (χ1v) is 8.42. The summed E-state index contributed by atoms with van der Waals surface area (Å²) in [5.41, 5.74) is 0.659. The van der Waals surface area contributed by atoms with Crippen LogP contribution in [0.4, 0.5) is 5.13 Å². The zero-order valence-corrected chi connectivity index (χ0v) is 14.8. The molecule has 2 aromatic rings. The summed E-state index contributed by atoms with van der Waals surface area (Å²) in [4.78, 5) is 49.4. The molecule has 1 N–H and O–H groups in total. The monoisotopic (exact) mass is 381 g/mol. The van der Waals surface area contributed by atoms with Gasteiger partial charge in [0.2, 0.25) is 5.78 Å². The lowest BCUT2D eigenvalue weighted by atomic mass is 10.3. The van der Waals surface area contributed by atoms with E-state index in [0.717, 1.165) is 11.3 Å². The summed E-state index contributed by atoms with van der Waals surface area (Å²) in [6.07, 6.45) is 0.0576. The van der Waals surface area contributed by atoms with E-state index in [9.17, 15) is 19.2 Å². The van der Waals surface area contributed by atoms with Gasteiger partial charge in [-0.15, -0.1) is 11.3 Å². The molecule has 0 aromatic carbocycles. The molecule has 0 aliphatic heterocycles. The van der Waals surface area contributed by atoms with Crippen molar-refractivity contribution in [2.24, 2.45) is 0 Å². The lowest BCUT2D eigenvalue weighted by molar-refractivity contribution is -0.154. The van der Waals surface area contributed by atoms with Crippen molar-refractivity contribution in [2.75, 3.05) is 11.9 Å². The van der Waals surface area contributed by atoms with Gasteiger partial charge >= 0.3 is 17.8 Å². The van der Waals surface area contributed by atoms with Crippen molar-refractivity contribution in [3.05, 3.63) is 17.1 Å². The van der Waals surface area contributed by atoms with Crippen molar-refractivity contribution in [3.8, 4) is 11.5 Å². The van der Waals surface area contributed by atoms with Gasteiger partial charge in [-0.1, -0.05) is 12.1 Å². The zero-order valence-electron chi connectivity index (χ0n) is 13.9. The first-order valence-electron chi connectivity index (χ1n) is 7.54. The van der Waals surface area contributed by atoms with E-state index in [-0.39, 0.29) is 30.5 Å². The number of hydrogen-bond donors (Lipinski definition) is 1. The Morgan fingerprint density at radius 2 is 1.96 bits per heavy atom. The standard InChI is InChI=1S/C15H15N3O7S/c1-3-10(19)13(21)24-6-8-5-11(25-18-8)9-7-26-15(16-9)17-12(20)14(22)23-4-2/h5,7H,3-4,6H2,1-2H3,(H,16,17,20). The number of carbonyl (C=O) groups is 4. The van der Waals surface area contributed by atoms with E-state index in [1.54, 1.807) is 19.2 Å². The molecule has 138 valence electrons. The molecular formula is C15H15N3O7S. The first-order chi connectivity index (χ1) is 12.4. The van der Waals surface area contributed by atoms with Crippen LogP contribution in [-0.2, 0) is 35.3 Å². The quantitative estimate of drug-likeness (QED) is 0.556. The molecule has 1 amide bonds. The van der Waals surface area contributed by atoms with Crippen LogP contribution in [0.3, 0.4) is 0 Å². The molecule has 0 saturated carbocycles. The topological polar surface area (TPSA) is 138 Å². The van der Waals surface area contributed by atoms with Gasteiger partial charge in [0.05, 0.1) is 6.61 Å². The number of carbonyl (C=O) groups excluding carboxylic acids is 4. The molecule has 2 rings (SSSR count). The van der Waals surface area contributed by atoms with Crippen molar-refractivity contribution in [1.29, 1.82) is 0 Å². The molecule has 26 heavy (non-hydrogen) atoms. The normalized spacial score (nSPS) is 10.2. The predicted octanol–water partition coefficient (Wildman–Crippen LogP) is 1.32. The minimum absolute atomic E-state index is 0.0576. The highest BCUT2D eigenvalue weighted by Crippen LogP contribution is 2.25. The van der Waals surface area contributed by atoms with Gasteiger partial charge in [0, 0.05) is 17.9 Å². The van der Waals surface area contributed by atoms with Crippen LogP contribution >= 0.6 is 11.3 Å². The van der Waals surface area contributed by atoms with Crippen LogP contribution in [0.25, 0.3) is 11.5 Å². The molecule has 0 saturated heterocycles. The third-order valence-electron chi connectivity index (χ3n) is 2.90. The fourth-order valence-corrected chi connectivity index (χ4v) is 2.35. The Morgan fingerprint density at radius 1 is 1.19 bits per heavy atom. The maximum Gasteiger partial charge on any atom is 0.397 e. The van der Waals surface area contributed by atoms with Gasteiger partial charge in [0.15, 0.2) is 10.9 Å². The fourth-order valence-electron chi connectivity index (χ4n) is 1.65. The van der Waals surface area contributed by atoms with Gasteiger partial charge in [-0.25, -0.2) is 14.6 Å². The molecule has 0 unspecified atom stereocenters. The Hall–Kier alpha value is -3.08. The van der Waals surface area contributed by atoms with E-state index in [1.165, 1.54) is 6.07 Å². The SMILES string of the molecule is CCOC(=O)C(=O)Nc1nc(-c2cc(COC(=O)C(=O)CC)no2)cs1. The maximum atomic E-state index is 11.6. The molecule has 0 bridgehead atoms. The van der Waals surface area contributed by atoms with Crippen LogP contribution in [0.5, 0.6) is 0 Å². The highest BCUT2D eigenvalue weighted by Gasteiger charge is 2.18. The summed E-state index contributed by atoms with van der Waals surface area (Å²) in [7, 11) is 0. The Balaban J connectivity index is 1.96. The highest BCUT2D eigenvalue weighted by molar-refractivity contribution is 7.14. The second-order valence-electron chi connectivity index (χ2n) is 4.75. The van der Waals surface area contributed by atoms with E-state index >= 15 is 0 Å². The third kappa shape index (κ3) is 4.96. The molecule has 0 radical (unpaired) electrons. The van der Waals surface area contributed by atoms with Crippen LogP contribution in [-0.4, -0.2) is 40.4 Å². The third-order valence-corrected chi connectivity index (χ3v) is 3.65. The number of anilines is 1. The number of hydrogen-bond acceptors (Lipinski definition) is 10. The summed E-state index contributed by atoms with van der Waals surface area (Å²) >= 11 is 1.07. The van der Waals surface area contributed by atoms with Crippen LogP contribution in [0.1, 0.15) is 26.0 Å². The molecule has 10 nitrogen and oxygen atoms in total. The molecule has 11 heteroatoms. The second-order valence-corrected chi connectivity index (χ2v) is 5.61. The van der Waals surface area contributed by atoms with Crippen LogP contribution < -0.4 is 5.32 Å². The van der Waals surface area contributed by atoms with Gasteiger partial charge in [0.25, 0.3) is 0 Å². The zero-order chi connectivity index (χ0) is 19.1. The largest absolute Gasteiger partial charge is 0.459 e. The Labute approximate surface area is 151 Å². The van der Waals surface area contributed by atoms with Crippen molar-refractivity contribution >= 4 is 40.1 Å². The number of esters is 2. The van der Waals surface area contributed by atoms with E-state index in [0.29, 0.717) is 11.4 Å².